The van der Waals surface area contributed by atoms with Gasteiger partial charge in [0.05, 0.1) is 12.8 Å². The number of methoxy groups -OCH3 is 1. The van der Waals surface area contributed by atoms with E-state index in [4.69, 9.17) is 9.47 Å². The molecule has 146 valence electrons. The first-order valence-corrected chi connectivity index (χ1v) is 9.31. The molecule has 9 heteroatoms. The number of hydrogen-bond donors (Lipinski definition) is 1. The molecule has 0 amide bonds. The standard InChI is InChI=1S/C19H22N6O2S/c1-4-24(5-2)14-9-10-18(26-3)17(12-14)20-13-27-16-8-6-7-15(11-16)25-19(28)21-22-23-25/h6-13H,4-5H2,1-3H3,(H,21,23,28)/b20-13+. The van der Waals surface area contributed by atoms with Crippen LogP contribution in [0.4, 0.5) is 11.4 Å². The summed E-state index contributed by atoms with van der Waals surface area (Å²) in [7, 11) is 1.62. The fraction of sp³-hybridized carbons (Fsp3) is 0.263. The Morgan fingerprint density at radius 2 is 2.00 bits per heavy atom. The number of aromatic nitrogens is 4. The van der Waals surface area contributed by atoms with E-state index in [9.17, 15) is 0 Å². The minimum absolute atomic E-state index is 0.392. The van der Waals surface area contributed by atoms with E-state index in [0.29, 0.717) is 22.3 Å². The number of thiol groups is 1. The monoisotopic (exact) mass is 398 g/mol. The molecule has 0 unspecified atom stereocenters. The van der Waals surface area contributed by atoms with Crippen LogP contribution in [0.1, 0.15) is 13.8 Å². The van der Waals surface area contributed by atoms with E-state index in [0.717, 1.165) is 24.5 Å². The fourth-order valence-corrected chi connectivity index (χ4v) is 2.94. The van der Waals surface area contributed by atoms with Gasteiger partial charge in [-0.05, 0) is 54.6 Å². The van der Waals surface area contributed by atoms with Gasteiger partial charge in [0.2, 0.25) is 5.16 Å². The molecule has 8 nitrogen and oxygen atoms in total. The summed E-state index contributed by atoms with van der Waals surface area (Å²) in [5.74, 6) is 1.28. The number of hydrogen-bond acceptors (Lipinski definition) is 8. The number of tetrazole rings is 1. The van der Waals surface area contributed by atoms with Crippen LogP contribution < -0.4 is 14.4 Å². The second-order valence-corrected chi connectivity index (χ2v) is 6.17. The lowest BCUT2D eigenvalue weighted by molar-refractivity contribution is 0.416. The van der Waals surface area contributed by atoms with Crippen LogP contribution in [-0.4, -0.2) is 46.8 Å². The van der Waals surface area contributed by atoms with Gasteiger partial charge in [-0.3, -0.25) is 0 Å². The molecule has 0 fully saturated rings. The molecular formula is C19H22N6O2S. The number of benzene rings is 2. The third kappa shape index (κ3) is 4.42. The quantitative estimate of drug-likeness (QED) is 0.355. The van der Waals surface area contributed by atoms with Gasteiger partial charge in [-0.2, -0.15) is 4.68 Å². The van der Waals surface area contributed by atoms with Crippen molar-refractivity contribution in [1.82, 2.24) is 20.2 Å². The van der Waals surface area contributed by atoms with Crippen LogP contribution in [-0.2, 0) is 0 Å². The molecule has 0 aliphatic heterocycles. The van der Waals surface area contributed by atoms with Crippen LogP contribution in [0.25, 0.3) is 5.69 Å². The lowest BCUT2D eigenvalue weighted by Gasteiger charge is -2.21. The number of anilines is 1. The molecule has 0 aliphatic carbocycles. The zero-order valence-electron chi connectivity index (χ0n) is 16.0. The predicted octanol–water partition coefficient (Wildman–Crippen LogP) is 3.54. The highest BCUT2D eigenvalue weighted by Crippen LogP contribution is 2.32. The highest BCUT2D eigenvalue weighted by atomic mass is 32.1. The third-order valence-electron chi connectivity index (χ3n) is 4.19. The molecule has 1 aromatic heterocycles. The zero-order chi connectivity index (χ0) is 19.9. The van der Waals surface area contributed by atoms with Crippen molar-refractivity contribution < 1.29 is 9.47 Å². The van der Waals surface area contributed by atoms with Gasteiger partial charge in [-0.15, -0.1) is 17.7 Å². The second-order valence-electron chi connectivity index (χ2n) is 5.77. The van der Waals surface area contributed by atoms with Crippen molar-refractivity contribution in [2.45, 2.75) is 19.0 Å². The lowest BCUT2D eigenvalue weighted by Crippen LogP contribution is -2.21. The number of aliphatic imine (C=N–C) groups is 1. The van der Waals surface area contributed by atoms with Crippen molar-refractivity contribution in [2.75, 3.05) is 25.1 Å². The normalized spacial score (nSPS) is 11.0. The maximum absolute atomic E-state index is 5.67. The predicted molar refractivity (Wildman–Crippen MR) is 112 cm³/mol. The average Bonchev–Trinajstić information content (AvgIpc) is 3.15. The van der Waals surface area contributed by atoms with Crippen LogP contribution in [0.15, 0.2) is 52.6 Å². The summed E-state index contributed by atoms with van der Waals surface area (Å²) in [5.41, 5.74) is 2.52. The minimum Gasteiger partial charge on any atom is -0.494 e. The van der Waals surface area contributed by atoms with Crippen LogP contribution in [0.5, 0.6) is 11.5 Å². The van der Waals surface area contributed by atoms with Gasteiger partial charge in [0.1, 0.15) is 17.2 Å². The largest absolute Gasteiger partial charge is 0.494 e. The minimum atomic E-state index is 0.392. The molecular weight excluding hydrogens is 376 g/mol. The Kier molecular flexibility index (Phi) is 6.49. The molecule has 3 aromatic rings. The van der Waals surface area contributed by atoms with Crippen molar-refractivity contribution in [3.8, 4) is 17.2 Å². The van der Waals surface area contributed by atoms with Gasteiger partial charge in [0.25, 0.3) is 0 Å². The molecule has 0 saturated heterocycles. The molecule has 0 atom stereocenters. The van der Waals surface area contributed by atoms with Crippen molar-refractivity contribution in [1.29, 1.82) is 0 Å². The van der Waals surface area contributed by atoms with E-state index in [1.54, 1.807) is 13.2 Å². The highest BCUT2D eigenvalue weighted by molar-refractivity contribution is 7.80. The van der Waals surface area contributed by atoms with Gasteiger partial charge in [-0.1, -0.05) is 6.07 Å². The Morgan fingerprint density at radius 1 is 1.18 bits per heavy atom. The molecule has 1 heterocycles. The van der Waals surface area contributed by atoms with Crippen molar-refractivity contribution in [3.05, 3.63) is 42.5 Å². The Labute approximate surface area is 169 Å². The Balaban J connectivity index is 1.79. The van der Waals surface area contributed by atoms with Crippen LogP contribution in [0.3, 0.4) is 0 Å². The van der Waals surface area contributed by atoms with E-state index in [1.807, 2.05) is 36.4 Å². The third-order valence-corrected chi connectivity index (χ3v) is 4.47. The first kappa shape index (κ1) is 19.7. The molecule has 0 saturated carbocycles. The molecule has 28 heavy (non-hydrogen) atoms. The van der Waals surface area contributed by atoms with Crippen molar-refractivity contribution in [2.24, 2.45) is 4.99 Å². The summed E-state index contributed by atoms with van der Waals surface area (Å²) in [6.07, 6.45) is 1.39. The topological polar surface area (TPSA) is 77.7 Å². The zero-order valence-corrected chi connectivity index (χ0v) is 16.9. The summed E-state index contributed by atoms with van der Waals surface area (Å²) >= 11 is 4.22. The summed E-state index contributed by atoms with van der Waals surface area (Å²) in [5, 5.41) is 11.6. The highest BCUT2D eigenvalue weighted by Gasteiger charge is 2.08. The molecule has 0 bridgehead atoms. The Morgan fingerprint density at radius 3 is 2.68 bits per heavy atom. The van der Waals surface area contributed by atoms with E-state index >= 15 is 0 Å². The van der Waals surface area contributed by atoms with Gasteiger partial charge >= 0.3 is 0 Å². The molecule has 0 radical (unpaired) electrons. The van der Waals surface area contributed by atoms with Gasteiger partial charge in [-0.25, -0.2) is 4.99 Å². The van der Waals surface area contributed by atoms with Gasteiger partial charge in [0.15, 0.2) is 6.40 Å². The molecule has 3 rings (SSSR count). The molecule has 0 aliphatic rings. The lowest BCUT2D eigenvalue weighted by atomic mass is 10.2. The maximum Gasteiger partial charge on any atom is 0.211 e. The summed E-state index contributed by atoms with van der Waals surface area (Å²) in [4.78, 5) is 6.67. The van der Waals surface area contributed by atoms with Crippen molar-refractivity contribution in [3.63, 3.8) is 0 Å². The molecule has 0 spiro atoms. The van der Waals surface area contributed by atoms with E-state index < -0.39 is 0 Å². The maximum atomic E-state index is 5.67. The number of rotatable bonds is 8. The summed E-state index contributed by atoms with van der Waals surface area (Å²) < 4.78 is 12.6. The first-order valence-electron chi connectivity index (χ1n) is 8.86. The average molecular weight is 398 g/mol. The van der Waals surface area contributed by atoms with E-state index in [1.165, 1.54) is 11.1 Å². The van der Waals surface area contributed by atoms with Crippen molar-refractivity contribution >= 4 is 30.4 Å². The van der Waals surface area contributed by atoms with Crippen LogP contribution >= 0.6 is 12.6 Å². The second kappa shape index (κ2) is 9.23. The Hall–Kier alpha value is -3.07. The van der Waals surface area contributed by atoms with E-state index in [2.05, 4.69) is 51.9 Å². The van der Waals surface area contributed by atoms with Gasteiger partial charge < -0.3 is 14.4 Å². The number of nitrogens with zero attached hydrogens (tertiary/aromatic N) is 6. The SMILES string of the molecule is CCN(CC)c1ccc(OC)c(/N=C/Oc2cccc(-n3nnnc3S)c2)c1. The number of ether oxygens (including phenoxy) is 2. The molecule has 2 aromatic carbocycles. The van der Waals surface area contributed by atoms with E-state index in [-0.39, 0.29) is 0 Å². The van der Waals surface area contributed by atoms with Crippen LogP contribution in [0.2, 0.25) is 0 Å². The van der Waals surface area contributed by atoms with Gasteiger partial charge in [0, 0.05) is 24.8 Å². The fourth-order valence-electron chi connectivity index (χ4n) is 2.75. The summed E-state index contributed by atoms with van der Waals surface area (Å²) in [6, 6.07) is 13.2. The summed E-state index contributed by atoms with van der Waals surface area (Å²) in [6.45, 7) is 6.07. The Bertz CT molecular complexity index is 955. The molecule has 0 N–H and O–H groups in total. The first-order chi connectivity index (χ1) is 13.7. The smallest absolute Gasteiger partial charge is 0.211 e. The van der Waals surface area contributed by atoms with Crippen LogP contribution in [0, 0.1) is 0 Å².